The molecule has 0 saturated heterocycles. The summed E-state index contributed by atoms with van der Waals surface area (Å²) in [6.07, 6.45) is 0.227. The van der Waals surface area contributed by atoms with Gasteiger partial charge in [0.1, 0.15) is 5.82 Å². The van der Waals surface area contributed by atoms with Crippen LogP contribution in [0.4, 0.5) is 5.82 Å². The van der Waals surface area contributed by atoms with E-state index < -0.39 is 0 Å². The molecule has 0 spiro atoms. The van der Waals surface area contributed by atoms with Gasteiger partial charge in [-0.05, 0) is 12.1 Å². The molecular formula is C9H13N5O2. The first-order valence-corrected chi connectivity index (χ1v) is 4.71. The molecule has 0 bridgehead atoms. The number of carbonyl (C=O) groups is 2. The smallest absolute Gasteiger partial charge is 0.271 e. The van der Waals surface area contributed by atoms with E-state index in [-0.39, 0.29) is 36.3 Å². The Balaban J connectivity index is 2.41. The number of nitrogens with one attached hydrogen (secondary N) is 2. The molecule has 1 aromatic heterocycles. The Morgan fingerprint density at radius 2 is 2.12 bits per heavy atom. The zero-order valence-corrected chi connectivity index (χ0v) is 8.86. The van der Waals surface area contributed by atoms with E-state index in [9.17, 15) is 9.59 Å². The van der Waals surface area contributed by atoms with Gasteiger partial charge in [0.05, 0.1) is 0 Å². The van der Waals surface area contributed by atoms with Crippen LogP contribution in [0.1, 0.15) is 16.9 Å². The van der Waals surface area contributed by atoms with Crippen LogP contribution in [0.15, 0.2) is 12.1 Å². The highest BCUT2D eigenvalue weighted by Crippen LogP contribution is 1.96. The van der Waals surface area contributed by atoms with Crippen molar-refractivity contribution in [3.63, 3.8) is 0 Å². The van der Waals surface area contributed by atoms with Gasteiger partial charge < -0.3 is 16.4 Å². The number of hydrogen-bond acceptors (Lipinski definition) is 5. The van der Waals surface area contributed by atoms with Crippen LogP contribution in [0.25, 0.3) is 0 Å². The monoisotopic (exact) mass is 223 g/mol. The Bertz CT molecular complexity index is 376. The van der Waals surface area contributed by atoms with Crippen molar-refractivity contribution in [2.75, 3.05) is 19.3 Å². The summed E-state index contributed by atoms with van der Waals surface area (Å²) in [5.74, 6) is -0.262. The van der Waals surface area contributed by atoms with Crippen molar-refractivity contribution in [3.05, 3.63) is 17.8 Å². The minimum atomic E-state index is -0.378. The van der Waals surface area contributed by atoms with Gasteiger partial charge in [0, 0.05) is 20.0 Å². The minimum absolute atomic E-state index is 0.135. The fourth-order valence-electron chi connectivity index (χ4n) is 0.969. The van der Waals surface area contributed by atoms with Crippen LogP contribution >= 0.6 is 0 Å². The number of anilines is 1. The molecular weight excluding hydrogens is 210 g/mol. The zero-order valence-electron chi connectivity index (χ0n) is 8.86. The molecule has 16 heavy (non-hydrogen) atoms. The molecule has 86 valence electrons. The number of rotatable bonds is 4. The topological polar surface area (TPSA) is 110 Å². The van der Waals surface area contributed by atoms with E-state index in [4.69, 9.17) is 5.73 Å². The molecule has 1 aromatic rings. The van der Waals surface area contributed by atoms with E-state index in [1.807, 2.05) is 0 Å². The quantitative estimate of drug-likeness (QED) is 0.601. The Kier molecular flexibility index (Phi) is 4.19. The standard InChI is InChI=1S/C9H13N5O2/c1-11-8(15)4-5-12-9(16)6-2-3-7(10)14-13-6/h2-3H,4-5H2,1H3,(H2,10,14)(H,11,15)(H,12,16). The molecule has 0 aliphatic rings. The number of amides is 2. The predicted molar refractivity (Wildman–Crippen MR) is 57.5 cm³/mol. The molecule has 1 rings (SSSR count). The highest BCUT2D eigenvalue weighted by atomic mass is 16.2. The second kappa shape index (κ2) is 5.64. The molecule has 0 fully saturated rings. The lowest BCUT2D eigenvalue weighted by Gasteiger charge is -2.03. The van der Waals surface area contributed by atoms with Crippen LogP contribution < -0.4 is 16.4 Å². The summed E-state index contributed by atoms with van der Waals surface area (Å²) in [5, 5.41) is 12.1. The molecule has 2 amide bonds. The Morgan fingerprint density at radius 1 is 1.38 bits per heavy atom. The van der Waals surface area contributed by atoms with Gasteiger partial charge in [-0.1, -0.05) is 0 Å². The number of nitrogen functional groups attached to an aromatic ring is 1. The van der Waals surface area contributed by atoms with Crippen LogP contribution in [-0.4, -0.2) is 35.6 Å². The molecule has 1 heterocycles. The maximum Gasteiger partial charge on any atom is 0.271 e. The lowest BCUT2D eigenvalue weighted by molar-refractivity contribution is -0.120. The van der Waals surface area contributed by atoms with E-state index in [2.05, 4.69) is 20.8 Å². The van der Waals surface area contributed by atoms with Gasteiger partial charge >= 0.3 is 0 Å². The third kappa shape index (κ3) is 3.52. The predicted octanol–water partition coefficient (Wildman–Crippen LogP) is -1.08. The summed E-state index contributed by atoms with van der Waals surface area (Å²) in [4.78, 5) is 22.3. The molecule has 7 nitrogen and oxygen atoms in total. The van der Waals surface area contributed by atoms with Crippen molar-refractivity contribution in [1.29, 1.82) is 0 Å². The molecule has 0 aliphatic carbocycles. The number of carbonyl (C=O) groups excluding carboxylic acids is 2. The van der Waals surface area contributed by atoms with Gasteiger partial charge in [-0.3, -0.25) is 9.59 Å². The first kappa shape index (κ1) is 11.9. The average Bonchev–Trinajstić information content (AvgIpc) is 2.29. The first-order chi connectivity index (χ1) is 7.63. The molecule has 0 aliphatic heterocycles. The summed E-state index contributed by atoms with van der Waals surface area (Å²) in [5.41, 5.74) is 5.50. The van der Waals surface area contributed by atoms with Gasteiger partial charge in [0.2, 0.25) is 5.91 Å². The largest absolute Gasteiger partial charge is 0.382 e. The molecule has 0 saturated carbocycles. The zero-order chi connectivity index (χ0) is 12.0. The summed E-state index contributed by atoms with van der Waals surface area (Å²) < 4.78 is 0. The van der Waals surface area contributed by atoms with E-state index >= 15 is 0 Å². The minimum Gasteiger partial charge on any atom is -0.382 e. The first-order valence-electron chi connectivity index (χ1n) is 4.71. The van der Waals surface area contributed by atoms with Crippen molar-refractivity contribution in [2.45, 2.75) is 6.42 Å². The van der Waals surface area contributed by atoms with Crippen LogP contribution in [0.2, 0.25) is 0 Å². The molecule has 0 radical (unpaired) electrons. The van der Waals surface area contributed by atoms with Gasteiger partial charge in [-0.15, -0.1) is 10.2 Å². The van der Waals surface area contributed by atoms with Crippen LogP contribution in [0, 0.1) is 0 Å². The van der Waals surface area contributed by atoms with Gasteiger partial charge in [0.15, 0.2) is 5.69 Å². The highest BCUT2D eigenvalue weighted by molar-refractivity contribution is 5.92. The third-order valence-corrected chi connectivity index (χ3v) is 1.83. The summed E-state index contributed by atoms with van der Waals surface area (Å²) in [7, 11) is 1.54. The fraction of sp³-hybridized carbons (Fsp3) is 0.333. The van der Waals surface area contributed by atoms with Gasteiger partial charge in [0.25, 0.3) is 5.91 Å². The maximum absolute atomic E-state index is 11.4. The van der Waals surface area contributed by atoms with Crippen molar-refractivity contribution >= 4 is 17.6 Å². The summed E-state index contributed by atoms with van der Waals surface area (Å²) in [6, 6.07) is 2.96. The van der Waals surface area contributed by atoms with Crippen LogP contribution in [0.3, 0.4) is 0 Å². The van der Waals surface area contributed by atoms with Gasteiger partial charge in [-0.25, -0.2) is 0 Å². The number of nitrogens with zero attached hydrogens (tertiary/aromatic N) is 2. The third-order valence-electron chi connectivity index (χ3n) is 1.83. The highest BCUT2D eigenvalue weighted by Gasteiger charge is 2.07. The van der Waals surface area contributed by atoms with E-state index in [0.717, 1.165) is 0 Å². The van der Waals surface area contributed by atoms with E-state index in [1.165, 1.54) is 19.2 Å². The Hall–Kier alpha value is -2.18. The van der Waals surface area contributed by atoms with Crippen molar-refractivity contribution in [2.24, 2.45) is 0 Å². The number of nitrogens with two attached hydrogens (primary N) is 1. The Labute approximate surface area is 92.4 Å². The molecule has 0 aromatic carbocycles. The van der Waals surface area contributed by atoms with Crippen LogP contribution in [0.5, 0.6) is 0 Å². The van der Waals surface area contributed by atoms with E-state index in [0.29, 0.717) is 0 Å². The van der Waals surface area contributed by atoms with Crippen LogP contribution in [-0.2, 0) is 4.79 Å². The molecule has 4 N–H and O–H groups in total. The normalized spacial score (nSPS) is 9.56. The lowest BCUT2D eigenvalue weighted by Crippen LogP contribution is -2.29. The summed E-state index contributed by atoms with van der Waals surface area (Å²) >= 11 is 0. The van der Waals surface area contributed by atoms with Crippen molar-refractivity contribution in [3.8, 4) is 0 Å². The number of hydrogen-bond donors (Lipinski definition) is 3. The average molecular weight is 223 g/mol. The lowest BCUT2D eigenvalue weighted by atomic mass is 10.3. The molecule has 7 heteroatoms. The second-order valence-corrected chi connectivity index (χ2v) is 3.02. The van der Waals surface area contributed by atoms with Crippen molar-refractivity contribution < 1.29 is 9.59 Å². The summed E-state index contributed by atoms with van der Waals surface area (Å²) in [6.45, 7) is 0.255. The second-order valence-electron chi connectivity index (χ2n) is 3.02. The van der Waals surface area contributed by atoms with E-state index in [1.54, 1.807) is 0 Å². The number of aromatic nitrogens is 2. The maximum atomic E-state index is 11.4. The van der Waals surface area contributed by atoms with Gasteiger partial charge in [-0.2, -0.15) is 0 Å². The Morgan fingerprint density at radius 3 is 2.69 bits per heavy atom. The molecule has 0 atom stereocenters. The fourth-order valence-corrected chi connectivity index (χ4v) is 0.969. The SMILES string of the molecule is CNC(=O)CCNC(=O)c1ccc(N)nn1. The molecule has 0 unspecified atom stereocenters. The van der Waals surface area contributed by atoms with Crippen molar-refractivity contribution in [1.82, 2.24) is 20.8 Å².